The van der Waals surface area contributed by atoms with Crippen LogP contribution in [-0.4, -0.2) is 20.3 Å². The third kappa shape index (κ3) is 2.77. The molecule has 8 heteroatoms. The average molecular weight is 419 g/mol. The molecule has 0 aromatic carbocycles. The first-order chi connectivity index (χ1) is 11.6. The van der Waals surface area contributed by atoms with E-state index in [1.54, 1.807) is 15.7 Å². The largest absolute Gasteiger partial charge is 0.296 e. The van der Waals surface area contributed by atoms with Crippen molar-refractivity contribution < 1.29 is 4.79 Å². The molecule has 4 aromatic rings. The van der Waals surface area contributed by atoms with E-state index >= 15 is 0 Å². The predicted octanol–water partition coefficient (Wildman–Crippen LogP) is 4.84. The molecule has 0 saturated carbocycles. The summed E-state index contributed by atoms with van der Waals surface area (Å²) in [6.07, 6.45) is 1.84. The van der Waals surface area contributed by atoms with Crippen molar-refractivity contribution in [3.8, 4) is 10.6 Å². The van der Waals surface area contributed by atoms with E-state index in [4.69, 9.17) is 0 Å². The van der Waals surface area contributed by atoms with Crippen LogP contribution >= 0.6 is 38.6 Å². The van der Waals surface area contributed by atoms with E-state index in [0.717, 1.165) is 20.7 Å². The Bertz CT molecular complexity index is 1040. The first kappa shape index (κ1) is 15.5. The van der Waals surface area contributed by atoms with Gasteiger partial charge in [0.2, 0.25) is 0 Å². The van der Waals surface area contributed by atoms with Gasteiger partial charge in [0.1, 0.15) is 11.3 Å². The fourth-order valence-electron chi connectivity index (χ4n) is 2.43. The number of nitrogens with zero attached hydrogens (tertiary/aromatic N) is 3. The van der Waals surface area contributed by atoms with Crippen LogP contribution in [-0.2, 0) is 0 Å². The number of hydrogen-bond acceptors (Lipinski definition) is 5. The molecule has 0 aliphatic carbocycles. The summed E-state index contributed by atoms with van der Waals surface area (Å²) in [7, 11) is 0. The van der Waals surface area contributed by atoms with Crippen LogP contribution in [0.1, 0.15) is 16.2 Å². The van der Waals surface area contributed by atoms with Crippen molar-refractivity contribution in [2.24, 2.45) is 0 Å². The Morgan fingerprint density at radius 2 is 2.12 bits per heavy atom. The number of rotatable bonds is 3. The molecule has 4 heterocycles. The molecular formula is C16H11BrN4OS2. The van der Waals surface area contributed by atoms with Crippen LogP contribution in [0.15, 0.2) is 45.7 Å². The molecule has 1 amide bonds. The Morgan fingerprint density at radius 1 is 1.25 bits per heavy atom. The Morgan fingerprint density at radius 3 is 2.92 bits per heavy atom. The number of amides is 1. The smallest absolute Gasteiger partial charge is 0.276 e. The van der Waals surface area contributed by atoms with Gasteiger partial charge in [-0.25, -0.2) is 9.97 Å². The lowest BCUT2D eigenvalue weighted by molar-refractivity contribution is 0.102. The van der Waals surface area contributed by atoms with Gasteiger partial charge >= 0.3 is 0 Å². The molecule has 0 saturated heterocycles. The topological polar surface area (TPSA) is 59.3 Å². The highest BCUT2D eigenvalue weighted by atomic mass is 79.9. The fourth-order valence-corrected chi connectivity index (χ4v) is 4.24. The Balaban J connectivity index is 1.65. The van der Waals surface area contributed by atoms with E-state index < -0.39 is 0 Å². The molecule has 4 rings (SSSR count). The minimum Gasteiger partial charge on any atom is -0.296 e. The lowest BCUT2D eigenvalue weighted by Crippen LogP contribution is -2.15. The summed E-state index contributed by atoms with van der Waals surface area (Å²) in [5.74, 6) is -0.217. The maximum Gasteiger partial charge on any atom is 0.276 e. The third-order valence-corrected chi connectivity index (χ3v) is 5.59. The van der Waals surface area contributed by atoms with Crippen LogP contribution in [0.25, 0.3) is 16.2 Å². The monoisotopic (exact) mass is 418 g/mol. The van der Waals surface area contributed by atoms with E-state index in [0.29, 0.717) is 16.5 Å². The van der Waals surface area contributed by atoms with Gasteiger partial charge in [-0.15, -0.1) is 22.7 Å². The van der Waals surface area contributed by atoms with Crippen LogP contribution in [0.2, 0.25) is 0 Å². The molecule has 120 valence electrons. The minimum atomic E-state index is -0.217. The molecule has 0 unspecified atom stereocenters. The molecule has 0 atom stereocenters. The number of nitrogens with one attached hydrogen (secondary N) is 1. The van der Waals surface area contributed by atoms with E-state index in [-0.39, 0.29) is 5.91 Å². The van der Waals surface area contributed by atoms with E-state index in [9.17, 15) is 4.79 Å². The number of hydrogen-bond donors (Lipinski definition) is 1. The fraction of sp³-hybridized carbons (Fsp3) is 0.0625. The molecule has 0 radical (unpaired) electrons. The summed E-state index contributed by atoms with van der Waals surface area (Å²) in [5, 5.41) is 7.40. The second kappa shape index (κ2) is 6.12. The second-order valence-corrected chi connectivity index (χ2v) is 7.81. The Kier molecular flexibility index (Phi) is 3.95. The highest BCUT2D eigenvalue weighted by molar-refractivity contribution is 9.10. The van der Waals surface area contributed by atoms with Gasteiger partial charge in [0.05, 0.1) is 16.3 Å². The summed E-state index contributed by atoms with van der Waals surface area (Å²) in [6, 6.07) is 7.76. The quantitative estimate of drug-likeness (QED) is 0.517. The highest BCUT2D eigenvalue weighted by Crippen LogP contribution is 2.28. The average Bonchev–Trinajstić information content (AvgIpc) is 3.25. The normalized spacial score (nSPS) is 11.1. The molecule has 0 aliphatic heterocycles. The van der Waals surface area contributed by atoms with Gasteiger partial charge in [0.15, 0.2) is 5.13 Å². The van der Waals surface area contributed by atoms with Crippen LogP contribution in [0, 0.1) is 6.92 Å². The number of fused-ring (bicyclic) bond motifs is 1. The number of halogens is 1. The van der Waals surface area contributed by atoms with Crippen LogP contribution in [0.4, 0.5) is 5.13 Å². The number of carbonyl (C=O) groups excluding carboxylic acids is 1. The molecule has 0 aliphatic rings. The Labute approximate surface area is 154 Å². The zero-order valence-corrected chi connectivity index (χ0v) is 15.7. The lowest BCUT2D eigenvalue weighted by Gasteiger charge is -2.03. The number of carbonyl (C=O) groups is 1. The lowest BCUT2D eigenvalue weighted by atomic mass is 10.3. The number of anilines is 1. The minimum absolute atomic E-state index is 0.217. The zero-order valence-electron chi connectivity index (χ0n) is 12.5. The van der Waals surface area contributed by atoms with Crippen molar-refractivity contribution in [1.82, 2.24) is 14.4 Å². The van der Waals surface area contributed by atoms with Gasteiger partial charge in [-0.3, -0.25) is 14.5 Å². The number of imidazole rings is 1. The first-order valence-electron chi connectivity index (χ1n) is 7.07. The summed E-state index contributed by atoms with van der Waals surface area (Å²) in [4.78, 5) is 22.7. The molecule has 0 spiro atoms. The van der Waals surface area contributed by atoms with Crippen molar-refractivity contribution in [1.29, 1.82) is 0 Å². The number of thiazole rings is 1. The summed E-state index contributed by atoms with van der Waals surface area (Å²) < 4.78 is 2.67. The molecule has 0 bridgehead atoms. The summed E-state index contributed by atoms with van der Waals surface area (Å²) in [6.45, 7) is 1.83. The Hall–Kier alpha value is -2.03. The molecule has 4 aromatic heterocycles. The van der Waals surface area contributed by atoms with Crippen molar-refractivity contribution in [2.75, 3.05) is 5.32 Å². The SMILES string of the molecule is Cc1nc2ccc(Br)cn2c1C(=O)Nc1nc(-c2cccs2)cs1. The van der Waals surface area contributed by atoms with Crippen LogP contribution in [0.3, 0.4) is 0 Å². The third-order valence-electron chi connectivity index (χ3n) is 3.47. The van der Waals surface area contributed by atoms with Crippen molar-refractivity contribution >= 4 is 55.3 Å². The van der Waals surface area contributed by atoms with E-state index in [1.807, 2.05) is 48.1 Å². The van der Waals surface area contributed by atoms with E-state index in [2.05, 4.69) is 31.2 Å². The summed E-state index contributed by atoms with van der Waals surface area (Å²) in [5.41, 5.74) is 2.81. The molecular weight excluding hydrogens is 408 g/mol. The van der Waals surface area contributed by atoms with Gasteiger partial charge in [-0.2, -0.15) is 0 Å². The molecule has 0 fully saturated rings. The molecule has 24 heavy (non-hydrogen) atoms. The maximum absolute atomic E-state index is 12.7. The number of aryl methyl sites for hydroxylation is 1. The molecule has 5 nitrogen and oxygen atoms in total. The predicted molar refractivity (Wildman–Crippen MR) is 101 cm³/mol. The van der Waals surface area contributed by atoms with Crippen molar-refractivity contribution in [2.45, 2.75) is 6.92 Å². The van der Waals surface area contributed by atoms with Gasteiger partial charge in [0.25, 0.3) is 5.91 Å². The number of pyridine rings is 1. The van der Waals surface area contributed by atoms with Gasteiger partial charge in [-0.05, 0) is 46.4 Å². The van der Waals surface area contributed by atoms with Gasteiger partial charge < -0.3 is 0 Å². The van der Waals surface area contributed by atoms with Crippen molar-refractivity contribution in [3.63, 3.8) is 0 Å². The summed E-state index contributed by atoms with van der Waals surface area (Å²) >= 11 is 6.46. The number of thiophene rings is 1. The maximum atomic E-state index is 12.7. The van der Waals surface area contributed by atoms with E-state index in [1.165, 1.54) is 11.3 Å². The van der Waals surface area contributed by atoms with Crippen LogP contribution < -0.4 is 5.32 Å². The zero-order chi connectivity index (χ0) is 16.7. The standard InChI is InChI=1S/C16H11BrN4OS2/c1-9-14(21-7-10(17)4-5-13(21)18-9)15(22)20-16-19-11(8-24-16)12-3-2-6-23-12/h2-8H,1H3,(H,19,20,22). The van der Waals surface area contributed by atoms with Crippen molar-refractivity contribution in [3.05, 3.63) is 57.1 Å². The number of aromatic nitrogens is 3. The molecule has 1 N–H and O–H groups in total. The second-order valence-electron chi connectivity index (χ2n) is 5.09. The first-order valence-corrected chi connectivity index (χ1v) is 9.62. The highest BCUT2D eigenvalue weighted by Gasteiger charge is 2.18. The van der Waals surface area contributed by atoms with Crippen LogP contribution in [0.5, 0.6) is 0 Å². The van der Waals surface area contributed by atoms with Gasteiger partial charge in [-0.1, -0.05) is 6.07 Å². The van der Waals surface area contributed by atoms with Gasteiger partial charge in [0, 0.05) is 16.0 Å².